The highest BCUT2D eigenvalue weighted by molar-refractivity contribution is 5.88. The van der Waals surface area contributed by atoms with E-state index in [0.29, 0.717) is 11.3 Å². The van der Waals surface area contributed by atoms with Gasteiger partial charge in [0, 0.05) is 6.54 Å². The molecule has 1 aliphatic carbocycles. The van der Waals surface area contributed by atoms with Crippen LogP contribution in [-0.2, 0) is 4.79 Å². The van der Waals surface area contributed by atoms with Crippen LogP contribution in [0.4, 0.5) is 0 Å². The summed E-state index contributed by atoms with van der Waals surface area (Å²) in [5.41, 5.74) is 0.124. The Kier molecular flexibility index (Phi) is 4.24. The number of carbonyl (C=O) groups excluding carboxylic acids is 1. The molecule has 1 N–H and O–H groups in total. The molecule has 2 fully saturated rings. The first-order chi connectivity index (χ1) is 9.00. The molecular formula is C16H30N2O. The van der Waals surface area contributed by atoms with Crippen molar-refractivity contribution in [3.63, 3.8) is 0 Å². The second-order valence-corrected chi connectivity index (χ2v) is 6.82. The molecule has 19 heavy (non-hydrogen) atoms. The summed E-state index contributed by atoms with van der Waals surface area (Å²) in [6.07, 6.45) is 8.47. The molecule has 1 saturated carbocycles. The van der Waals surface area contributed by atoms with Crippen LogP contribution in [0, 0.1) is 5.41 Å². The third-order valence-electron chi connectivity index (χ3n) is 5.11. The predicted octanol–water partition coefficient (Wildman–Crippen LogP) is 3.29. The minimum absolute atomic E-state index is 0.261. The number of hydrogen-bond donors (Lipinski definition) is 1. The fourth-order valence-corrected chi connectivity index (χ4v) is 3.46. The van der Waals surface area contributed by atoms with E-state index in [2.05, 4.69) is 37.9 Å². The van der Waals surface area contributed by atoms with Crippen molar-refractivity contribution in [1.29, 1.82) is 0 Å². The average Bonchev–Trinajstić information content (AvgIpc) is 3.10. The van der Waals surface area contributed by atoms with Gasteiger partial charge in [-0.1, -0.05) is 33.6 Å². The number of rotatable bonds is 7. The van der Waals surface area contributed by atoms with E-state index in [1.54, 1.807) is 0 Å². The van der Waals surface area contributed by atoms with Crippen LogP contribution < -0.4 is 5.32 Å². The normalized spacial score (nSPS) is 32.9. The van der Waals surface area contributed by atoms with Crippen molar-refractivity contribution in [3.05, 3.63) is 0 Å². The Morgan fingerprint density at radius 3 is 2.42 bits per heavy atom. The molecule has 3 nitrogen and oxygen atoms in total. The van der Waals surface area contributed by atoms with E-state index < -0.39 is 0 Å². The molecule has 1 aliphatic heterocycles. The molecule has 1 saturated heterocycles. The summed E-state index contributed by atoms with van der Waals surface area (Å²) in [4.78, 5) is 14.9. The van der Waals surface area contributed by atoms with Gasteiger partial charge in [0.2, 0.25) is 5.91 Å². The second kappa shape index (κ2) is 5.43. The zero-order chi connectivity index (χ0) is 14.1. The van der Waals surface area contributed by atoms with E-state index in [1.807, 2.05) is 0 Å². The zero-order valence-corrected chi connectivity index (χ0v) is 13.1. The molecule has 2 atom stereocenters. The number of nitrogens with zero attached hydrogens (tertiary/aromatic N) is 1. The fraction of sp³-hybridized carbons (Fsp3) is 0.938. The van der Waals surface area contributed by atoms with Crippen LogP contribution in [0.15, 0.2) is 0 Å². The first kappa shape index (κ1) is 14.8. The zero-order valence-electron chi connectivity index (χ0n) is 13.1. The minimum atomic E-state index is -0.331. The lowest BCUT2D eigenvalue weighted by Gasteiger charge is -2.28. The Balaban J connectivity index is 2.09. The number of hydrogen-bond acceptors (Lipinski definition) is 2. The van der Waals surface area contributed by atoms with Gasteiger partial charge in [0.05, 0.1) is 11.7 Å². The maximum atomic E-state index is 12.7. The van der Waals surface area contributed by atoms with Crippen LogP contribution in [0.2, 0.25) is 0 Å². The van der Waals surface area contributed by atoms with Crippen molar-refractivity contribution < 1.29 is 4.79 Å². The lowest BCUT2D eigenvalue weighted by Crippen LogP contribution is -2.43. The van der Waals surface area contributed by atoms with Crippen LogP contribution >= 0.6 is 0 Å². The summed E-state index contributed by atoms with van der Waals surface area (Å²) < 4.78 is 0. The van der Waals surface area contributed by atoms with E-state index in [4.69, 9.17) is 0 Å². The van der Waals surface area contributed by atoms with Crippen molar-refractivity contribution in [1.82, 2.24) is 10.2 Å². The summed E-state index contributed by atoms with van der Waals surface area (Å²) in [6, 6.07) is 0. The second-order valence-electron chi connectivity index (χ2n) is 6.82. The van der Waals surface area contributed by atoms with Crippen LogP contribution in [0.25, 0.3) is 0 Å². The lowest BCUT2D eigenvalue weighted by atomic mass is 9.97. The van der Waals surface area contributed by atoms with E-state index in [9.17, 15) is 4.79 Å². The smallest absolute Gasteiger partial charge is 0.243 e. The van der Waals surface area contributed by atoms with E-state index >= 15 is 0 Å². The first-order valence-corrected chi connectivity index (χ1v) is 8.09. The Morgan fingerprint density at radius 2 is 1.95 bits per heavy atom. The summed E-state index contributed by atoms with van der Waals surface area (Å²) in [5, 5.41) is 3.59. The van der Waals surface area contributed by atoms with E-state index in [0.717, 1.165) is 25.8 Å². The number of amides is 1. The molecule has 1 heterocycles. The number of carbonyl (C=O) groups is 1. The largest absolute Gasteiger partial charge is 0.325 e. The standard InChI is InChI=1S/C16H30N2O/c1-5-8-13-17-15(4,7-3)14(19)18(13)12-16(9-6-2)10-11-16/h13,17H,5-12H2,1-4H3. The topological polar surface area (TPSA) is 32.3 Å². The molecule has 2 unspecified atom stereocenters. The van der Waals surface area contributed by atoms with Crippen molar-refractivity contribution in [2.45, 2.75) is 84.3 Å². The summed E-state index contributed by atoms with van der Waals surface area (Å²) in [7, 11) is 0. The molecule has 1 amide bonds. The average molecular weight is 266 g/mol. The SMILES string of the molecule is CCCC1NC(C)(CC)C(=O)N1CC1(CCC)CC1. The monoisotopic (exact) mass is 266 g/mol. The predicted molar refractivity (Wildman–Crippen MR) is 78.8 cm³/mol. The maximum Gasteiger partial charge on any atom is 0.243 e. The summed E-state index contributed by atoms with van der Waals surface area (Å²) >= 11 is 0. The van der Waals surface area contributed by atoms with Gasteiger partial charge < -0.3 is 4.90 Å². The van der Waals surface area contributed by atoms with Crippen molar-refractivity contribution in [2.75, 3.05) is 6.54 Å². The highest BCUT2D eigenvalue weighted by Gasteiger charge is 2.51. The van der Waals surface area contributed by atoms with Gasteiger partial charge in [0.1, 0.15) is 0 Å². The van der Waals surface area contributed by atoms with Crippen LogP contribution in [0.5, 0.6) is 0 Å². The molecule has 0 aromatic carbocycles. The van der Waals surface area contributed by atoms with Crippen molar-refractivity contribution in [3.8, 4) is 0 Å². The van der Waals surface area contributed by atoms with Gasteiger partial charge in [0.25, 0.3) is 0 Å². The number of nitrogens with one attached hydrogen (secondary N) is 1. The van der Waals surface area contributed by atoms with E-state index in [-0.39, 0.29) is 11.7 Å². The van der Waals surface area contributed by atoms with E-state index in [1.165, 1.54) is 25.7 Å². The van der Waals surface area contributed by atoms with Gasteiger partial charge in [0.15, 0.2) is 0 Å². The van der Waals surface area contributed by atoms with Gasteiger partial charge in [-0.25, -0.2) is 0 Å². The van der Waals surface area contributed by atoms with Gasteiger partial charge in [-0.3, -0.25) is 10.1 Å². The first-order valence-electron chi connectivity index (χ1n) is 8.09. The van der Waals surface area contributed by atoms with Gasteiger partial charge in [-0.05, 0) is 44.4 Å². The lowest BCUT2D eigenvalue weighted by molar-refractivity contribution is -0.133. The van der Waals surface area contributed by atoms with Crippen molar-refractivity contribution >= 4 is 5.91 Å². The third-order valence-corrected chi connectivity index (χ3v) is 5.11. The molecule has 0 aromatic rings. The Labute approximate surface area is 118 Å². The molecule has 2 rings (SSSR count). The molecular weight excluding hydrogens is 236 g/mol. The Bertz CT molecular complexity index is 338. The summed E-state index contributed by atoms with van der Waals surface area (Å²) in [5.74, 6) is 0.329. The van der Waals surface area contributed by atoms with Crippen LogP contribution in [0.1, 0.15) is 72.6 Å². The van der Waals surface area contributed by atoms with Crippen LogP contribution in [0.3, 0.4) is 0 Å². The maximum absolute atomic E-state index is 12.7. The van der Waals surface area contributed by atoms with Gasteiger partial charge >= 0.3 is 0 Å². The highest BCUT2D eigenvalue weighted by atomic mass is 16.2. The van der Waals surface area contributed by atoms with Crippen LogP contribution in [-0.4, -0.2) is 29.1 Å². The Hall–Kier alpha value is -0.570. The highest BCUT2D eigenvalue weighted by Crippen LogP contribution is 2.51. The van der Waals surface area contributed by atoms with Gasteiger partial charge in [-0.2, -0.15) is 0 Å². The molecule has 0 bridgehead atoms. The minimum Gasteiger partial charge on any atom is -0.325 e. The van der Waals surface area contributed by atoms with Crippen molar-refractivity contribution in [2.24, 2.45) is 5.41 Å². The quantitative estimate of drug-likeness (QED) is 0.767. The molecule has 0 aromatic heterocycles. The molecule has 0 spiro atoms. The third kappa shape index (κ3) is 2.81. The fourth-order valence-electron chi connectivity index (χ4n) is 3.46. The Morgan fingerprint density at radius 1 is 1.26 bits per heavy atom. The molecule has 110 valence electrons. The summed E-state index contributed by atoms with van der Waals surface area (Å²) in [6.45, 7) is 9.61. The van der Waals surface area contributed by atoms with Gasteiger partial charge in [-0.15, -0.1) is 0 Å². The molecule has 2 aliphatic rings. The molecule has 3 heteroatoms. The molecule has 0 radical (unpaired) electrons.